The average molecular weight is 188 g/mol. The molecule has 0 heterocycles. The first-order valence-electron chi connectivity index (χ1n) is 4.49. The molecule has 0 aromatic carbocycles. The first-order valence-corrected chi connectivity index (χ1v) is 4.49. The minimum atomic E-state index is -1.21. The van der Waals surface area contributed by atoms with Crippen LogP contribution in [0.3, 0.4) is 0 Å². The van der Waals surface area contributed by atoms with Crippen molar-refractivity contribution in [1.29, 1.82) is 0 Å². The molecule has 0 radical (unpaired) electrons. The van der Waals surface area contributed by atoms with Gasteiger partial charge in [0.15, 0.2) is 0 Å². The van der Waals surface area contributed by atoms with Crippen molar-refractivity contribution in [2.75, 3.05) is 0 Å². The van der Waals surface area contributed by atoms with Crippen molar-refractivity contribution in [1.82, 2.24) is 0 Å². The third kappa shape index (κ3) is 4.39. The largest absolute Gasteiger partial charge is 0.390 e. The van der Waals surface area contributed by atoms with Crippen molar-refractivity contribution >= 4 is 5.78 Å². The number of aliphatic hydroxyl groups excluding tert-OH is 1. The van der Waals surface area contributed by atoms with E-state index in [-0.39, 0.29) is 12.2 Å². The maximum Gasteiger partial charge on any atom is 0.140 e. The van der Waals surface area contributed by atoms with Crippen LogP contribution in [0.4, 0.5) is 0 Å². The Balaban J connectivity index is 4.24. The maximum atomic E-state index is 11.5. The Morgan fingerprint density at radius 1 is 1.23 bits per heavy atom. The molecule has 1 unspecified atom stereocenters. The second kappa shape index (κ2) is 3.76. The van der Waals surface area contributed by atoms with Crippen LogP contribution in [0.2, 0.25) is 0 Å². The quantitative estimate of drug-likeness (QED) is 0.698. The standard InChI is InChI=1S/C10H20O3/c1-9(2,3)7(11)6-8(12)10(4,5)13/h8,12-13H,6H2,1-5H3. The van der Waals surface area contributed by atoms with Crippen molar-refractivity contribution in [2.24, 2.45) is 5.41 Å². The highest BCUT2D eigenvalue weighted by atomic mass is 16.3. The number of hydrogen-bond donors (Lipinski definition) is 2. The molecule has 3 heteroatoms. The van der Waals surface area contributed by atoms with Crippen LogP contribution in [0, 0.1) is 5.41 Å². The Hall–Kier alpha value is -0.410. The smallest absolute Gasteiger partial charge is 0.140 e. The van der Waals surface area contributed by atoms with E-state index in [0.717, 1.165) is 0 Å². The van der Waals surface area contributed by atoms with Crippen molar-refractivity contribution in [3.63, 3.8) is 0 Å². The zero-order valence-electron chi connectivity index (χ0n) is 9.09. The Morgan fingerprint density at radius 2 is 1.62 bits per heavy atom. The fourth-order valence-corrected chi connectivity index (χ4v) is 0.732. The zero-order chi connectivity index (χ0) is 10.9. The summed E-state index contributed by atoms with van der Waals surface area (Å²) in [6.07, 6.45) is -0.980. The number of carbonyl (C=O) groups excluding carboxylic acids is 1. The summed E-state index contributed by atoms with van der Waals surface area (Å²) in [6.45, 7) is 8.38. The second-order valence-electron chi connectivity index (χ2n) is 5.05. The zero-order valence-corrected chi connectivity index (χ0v) is 9.09. The van der Waals surface area contributed by atoms with Gasteiger partial charge in [-0.05, 0) is 13.8 Å². The average Bonchev–Trinajstić information content (AvgIpc) is 1.82. The van der Waals surface area contributed by atoms with E-state index in [2.05, 4.69) is 0 Å². The third-order valence-electron chi connectivity index (χ3n) is 2.03. The van der Waals surface area contributed by atoms with E-state index < -0.39 is 17.1 Å². The highest BCUT2D eigenvalue weighted by Gasteiger charge is 2.30. The molecule has 3 nitrogen and oxygen atoms in total. The predicted molar refractivity (Wildman–Crippen MR) is 51.4 cm³/mol. The topological polar surface area (TPSA) is 57.5 Å². The lowest BCUT2D eigenvalue weighted by Gasteiger charge is -2.26. The third-order valence-corrected chi connectivity index (χ3v) is 2.03. The summed E-state index contributed by atoms with van der Waals surface area (Å²) in [5.41, 5.74) is -1.66. The molecule has 13 heavy (non-hydrogen) atoms. The lowest BCUT2D eigenvalue weighted by atomic mass is 9.85. The summed E-state index contributed by atoms with van der Waals surface area (Å²) in [6, 6.07) is 0. The van der Waals surface area contributed by atoms with Crippen LogP contribution < -0.4 is 0 Å². The second-order valence-corrected chi connectivity index (χ2v) is 5.05. The van der Waals surface area contributed by atoms with Gasteiger partial charge in [-0.2, -0.15) is 0 Å². The lowest BCUT2D eigenvalue weighted by Crippen LogP contribution is -2.39. The molecule has 0 rings (SSSR count). The van der Waals surface area contributed by atoms with Gasteiger partial charge in [0.2, 0.25) is 0 Å². The maximum absolute atomic E-state index is 11.5. The molecule has 0 amide bonds. The SMILES string of the molecule is CC(C)(C)C(=O)CC(O)C(C)(C)O. The summed E-state index contributed by atoms with van der Waals surface area (Å²) in [5.74, 6) is -0.0397. The molecule has 0 aromatic heterocycles. The highest BCUT2D eigenvalue weighted by Crippen LogP contribution is 2.21. The van der Waals surface area contributed by atoms with E-state index in [1.807, 2.05) is 0 Å². The molecule has 0 aliphatic rings. The number of hydrogen-bond acceptors (Lipinski definition) is 3. The minimum absolute atomic E-state index is 0.00694. The summed E-state index contributed by atoms with van der Waals surface area (Å²) in [4.78, 5) is 11.5. The van der Waals surface area contributed by atoms with E-state index in [1.54, 1.807) is 20.8 Å². The number of Topliss-reactive ketones (excluding diaryl/α,β-unsaturated/α-hetero) is 1. The normalized spacial score (nSPS) is 15.6. The minimum Gasteiger partial charge on any atom is -0.390 e. The van der Waals surface area contributed by atoms with Gasteiger partial charge in [0.05, 0.1) is 11.7 Å². The summed E-state index contributed by atoms with van der Waals surface area (Å²) in [7, 11) is 0. The molecule has 0 bridgehead atoms. The molecule has 1 atom stereocenters. The molecule has 78 valence electrons. The van der Waals surface area contributed by atoms with Gasteiger partial charge in [0.25, 0.3) is 0 Å². The molecule has 2 N–H and O–H groups in total. The van der Waals surface area contributed by atoms with Crippen LogP contribution in [0.5, 0.6) is 0 Å². The molecule has 0 saturated heterocycles. The molecule has 0 aliphatic heterocycles. The van der Waals surface area contributed by atoms with Crippen LogP contribution in [-0.2, 0) is 4.79 Å². The first-order chi connectivity index (χ1) is 5.55. The number of ketones is 1. The van der Waals surface area contributed by atoms with E-state index >= 15 is 0 Å². The first kappa shape index (κ1) is 12.6. The molecule has 0 spiro atoms. The van der Waals surface area contributed by atoms with E-state index in [9.17, 15) is 15.0 Å². The van der Waals surface area contributed by atoms with Gasteiger partial charge in [-0.1, -0.05) is 20.8 Å². The van der Waals surface area contributed by atoms with Crippen LogP contribution in [-0.4, -0.2) is 27.7 Å². The van der Waals surface area contributed by atoms with Gasteiger partial charge in [-0.3, -0.25) is 4.79 Å². The number of aliphatic hydroxyl groups is 2. The van der Waals surface area contributed by atoms with Crippen LogP contribution in [0.25, 0.3) is 0 Å². The van der Waals surface area contributed by atoms with Crippen molar-refractivity contribution in [3.05, 3.63) is 0 Å². The number of rotatable bonds is 3. The molecule has 0 saturated carbocycles. The Bertz CT molecular complexity index is 183. The predicted octanol–water partition coefficient (Wildman–Crippen LogP) is 1.12. The molecule has 0 aliphatic carbocycles. The van der Waals surface area contributed by atoms with Crippen LogP contribution in [0.15, 0.2) is 0 Å². The molecular formula is C10H20O3. The summed E-state index contributed by atoms with van der Waals surface area (Å²) < 4.78 is 0. The Labute approximate surface area is 79.8 Å². The monoisotopic (exact) mass is 188 g/mol. The van der Waals surface area contributed by atoms with Gasteiger partial charge in [0, 0.05) is 11.8 Å². The molecule has 0 fully saturated rings. The summed E-state index contributed by atoms with van der Waals surface area (Å²) >= 11 is 0. The van der Waals surface area contributed by atoms with Gasteiger partial charge in [0.1, 0.15) is 5.78 Å². The van der Waals surface area contributed by atoms with Gasteiger partial charge >= 0.3 is 0 Å². The summed E-state index contributed by atoms with van der Waals surface area (Å²) in [5, 5.41) is 18.8. The highest BCUT2D eigenvalue weighted by molar-refractivity contribution is 5.84. The van der Waals surface area contributed by atoms with Crippen molar-refractivity contribution in [3.8, 4) is 0 Å². The van der Waals surface area contributed by atoms with E-state index in [1.165, 1.54) is 13.8 Å². The molecule has 0 aromatic rings. The molecular weight excluding hydrogens is 168 g/mol. The van der Waals surface area contributed by atoms with Gasteiger partial charge in [-0.15, -0.1) is 0 Å². The van der Waals surface area contributed by atoms with Crippen LogP contribution in [0.1, 0.15) is 41.0 Å². The fraction of sp³-hybridized carbons (Fsp3) is 0.900. The Kier molecular flexibility index (Phi) is 3.64. The van der Waals surface area contributed by atoms with E-state index in [4.69, 9.17) is 0 Å². The van der Waals surface area contributed by atoms with Gasteiger partial charge < -0.3 is 10.2 Å². The fourth-order valence-electron chi connectivity index (χ4n) is 0.732. The van der Waals surface area contributed by atoms with Crippen molar-refractivity contribution in [2.45, 2.75) is 52.7 Å². The lowest BCUT2D eigenvalue weighted by molar-refractivity contribution is -0.132. The van der Waals surface area contributed by atoms with Crippen LogP contribution >= 0.6 is 0 Å². The van der Waals surface area contributed by atoms with Gasteiger partial charge in [-0.25, -0.2) is 0 Å². The Morgan fingerprint density at radius 3 is 1.85 bits per heavy atom. The van der Waals surface area contributed by atoms with Crippen molar-refractivity contribution < 1.29 is 15.0 Å². The number of carbonyl (C=O) groups is 1. The van der Waals surface area contributed by atoms with E-state index in [0.29, 0.717) is 0 Å².